The van der Waals surface area contributed by atoms with Gasteiger partial charge in [-0.05, 0) is 57.9 Å². The number of hydrogen-bond donors (Lipinski definition) is 2. The summed E-state index contributed by atoms with van der Waals surface area (Å²) in [6, 6.07) is 12.1. The number of nitrogens with one attached hydrogen (secondary N) is 1. The van der Waals surface area contributed by atoms with Crippen LogP contribution in [0, 0.1) is 13.8 Å². The summed E-state index contributed by atoms with van der Waals surface area (Å²) < 4.78 is 0. The number of piperidine rings is 1. The van der Waals surface area contributed by atoms with Crippen LogP contribution in [0.5, 0.6) is 0 Å². The summed E-state index contributed by atoms with van der Waals surface area (Å²) in [6.45, 7) is 12.2. The normalized spacial score (nSPS) is 12.5. The molecular formula is C28H36N4O4. The number of nitrogens with zero attached hydrogens (tertiary/aromatic N) is 3. The number of benzene rings is 1. The summed E-state index contributed by atoms with van der Waals surface area (Å²) in [5.74, 6) is -0.250. The zero-order valence-electron chi connectivity index (χ0n) is 21.4. The first kappa shape index (κ1) is 30.0. The van der Waals surface area contributed by atoms with Crippen molar-refractivity contribution < 1.29 is 19.5 Å². The van der Waals surface area contributed by atoms with Crippen molar-refractivity contribution in [3.8, 4) is 0 Å². The largest absolute Gasteiger partial charge is 0.494 e. The van der Waals surface area contributed by atoms with Gasteiger partial charge in [0, 0.05) is 37.8 Å². The van der Waals surface area contributed by atoms with Crippen LogP contribution >= 0.6 is 0 Å². The van der Waals surface area contributed by atoms with Crippen molar-refractivity contribution in [3.05, 3.63) is 77.5 Å². The summed E-state index contributed by atoms with van der Waals surface area (Å²) in [4.78, 5) is 41.8. The molecule has 2 heterocycles. The minimum atomic E-state index is -0.157. The number of amides is 2. The molecule has 0 saturated carbocycles. The van der Waals surface area contributed by atoms with Crippen molar-refractivity contribution in [3.63, 3.8) is 0 Å². The van der Waals surface area contributed by atoms with E-state index in [9.17, 15) is 9.59 Å². The molecule has 8 heteroatoms. The van der Waals surface area contributed by atoms with Gasteiger partial charge in [0.1, 0.15) is 6.79 Å². The lowest BCUT2D eigenvalue weighted by Crippen LogP contribution is -2.36. The third kappa shape index (κ3) is 11.9. The van der Waals surface area contributed by atoms with Gasteiger partial charge in [0.2, 0.25) is 17.7 Å². The quantitative estimate of drug-likeness (QED) is 0.433. The molecule has 36 heavy (non-hydrogen) atoms. The van der Waals surface area contributed by atoms with Gasteiger partial charge >= 0.3 is 0 Å². The minimum Gasteiger partial charge on any atom is -0.494 e. The summed E-state index contributed by atoms with van der Waals surface area (Å²) in [5.41, 5.74) is 5.39. The fraction of sp³-hybridized carbons (Fsp3) is 0.321. The Morgan fingerprint density at radius 1 is 1.08 bits per heavy atom. The molecule has 8 nitrogen and oxygen atoms in total. The van der Waals surface area contributed by atoms with Crippen LogP contribution in [0.4, 0.5) is 5.69 Å². The highest BCUT2D eigenvalue weighted by Gasteiger charge is 2.19. The van der Waals surface area contributed by atoms with Crippen LogP contribution in [-0.2, 0) is 14.4 Å². The Hall–Kier alpha value is -4.07. The first-order valence-corrected chi connectivity index (χ1v) is 11.7. The second-order valence-corrected chi connectivity index (χ2v) is 8.13. The predicted octanol–water partition coefficient (Wildman–Crippen LogP) is 5.04. The third-order valence-corrected chi connectivity index (χ3v) is 5.25. The van der Waals surface area contributed by atoms with Crippen LogP contribution in [-0.4, -0.2) is 52.9 Å². The number of anilines is 1. The van der Waals surface area contributed by atoms with Gasteiger partial charge in [-0.1, -0.05) is 41.5 Å². The molecule has 1 aromatic carbocycles. The van der Waals surface area contributed by atoms with E-state index in [0.717, 1.165) is 31.6 Å². The summed E-state index contributed by atoms with van der Waals surface area (Å²) in [5, 5.41) is 10.9. The first-order valence-electron chi connectivity index (χ1n) is 11.7. The monoisotopic (exact) mass is 492 g/mol. The van der Waals surface area contributed by atoms with Gasteiger partial charge in [0.25, 0.3) is 0 Å². The van der Waals surface area contributed by atoms with Crippen LogP contribution in [0.2, 0.25) is 0 Å². The summed E-state index contributed by atoms with van der Waals surface area (Å²) in [7, 11) is 0. The Morgan fingerprint density at radius 2 is 1.72 bits per heavy atom. The smallest absolute Gasteiger partial charge is 0.224 e. The second kappa shape index (κ2) is 16.5. The molecule has 1 aliphatic heterocycles. The van der Waals surface area contributed by atoms with E-state index in [1.165, 1.54) is 22.9 Å². The van der Waals surface area contributed by atoms with Crippen LogP contribution < -0.4 is 5.32 Å². The van der Waals surface area contributed by atoms with Crippen molar-refractivity contribution >= 4 is 36.6 Å². The molecule has 0 spiro atoms. The SMILES string of the molecule is C=C(O)/N=C\C.C=O.Cc1ccc(C=C2CCN(C(=O)CCC(=O)Nc3ccc(C)nc3)CC2)cc1. The average molecular weight is 493 g/mol. The van der Waals surface area contributed by atoms with Crippen molar-refractivity contribution in [1.82, 2.24) is 9.88 Å². The molecule has 2 amide bonds. The van der Waals surface area contributed by atoms with Gasteiger partial charge in [-0.2, -0.15) is 0 Å². The second-order valence-electron chi connectivity index (χ2n) is 8.13. The summed E-state index contributed by atoms with van der Waals surface area (Å²) >= 11 is 0. The molecule has 0 atom stereocenters. The number of aliphatic hydroxyl groups is 1. The zero-order valence-corrected chi connectivity index (χ0v) is 21.4. The van der Waals surface area contributed by atoms with Gasteiger partial charge < -0.3 is 20.1 Å². The molecule has 0 unspecified atom stereocenters. The van der Waals surface area contributed by atoms with E-state index in [0.29, 0.717) is 5.69 Å². The van der Waals surface area contributed by atoms with Crippen molar-refractivity contribution in [2.75, 3.05) is 18.4 Å². The van der Waals surface area contributed by atoms with Crippen LogP contribution in [0.1, 0.15) is 49.4 Å². The fourth-order valence-corrected chi connectivity index (χ4v) is 3.38. The van der Waals surface area contributed by atoms with Crippen LogP contribution in [0.3, 0.4) is 0 Å². The molecule has 3 rings (SSSR count). The van der Waals surface area contributed by atoms with Gasteiger partial charge in [-0.25, -0.2) is 4.99 Å². The van der Waals surface area contributed by atoms with Gasteiger partial charge in [-0.15, -0.1) is 0 Å². The molecule has 1 aromatic heterocycles. The molecule has 0 radical (unpaired) electrons. The van der Waals surface area contributed by atoms with E-state index in [1.807, 2.05) is 30.7 Å². The Labute approximate surface area is 213 Å². The van der Waals surface area contributed by atoms with Gasteiger partial charge in [-0.3, -0.25) is 14.6 Å². The maximum Gasteiger partial charge on any atom is 0.224 e. The predicted molar refractivity (Wildman–Crippen MR) is 145 cm³/mol. The molecule has 2 aromatic rings. The molecule has 0 bridgehead atoms. The lowest BCUT2D eigenvalue weighted by molar-refractivity contribution is -0.133. The van der Waals surface area contributed by atoms with E-state index < -0.39 is 0 Å². The van der Waals surface area contributed by atoms with E-state index in [-0.39, 0.29) is 30.5 Å². The first-order chi connectivity index (χ1) is 17.3. The fourth-order valence-electron chi connectivity index (χ4n) is 3.38. The van der Waals surface area contributed by atoms with Crippen LogP contribution in [0.15, 0.2) is 65.6 Å². The third-order valence-electron chi connectivity index (χ3n) is 5.25. The van der Waals surface area contributed by atoms with Crippen molar-refractivity contribution in [1.29, 1.82) is 0 Å². The van der Waals surface area contributed by atoms with Crippen molar-refractivity contribution in [2.24, 2.45) is 4.99 Å². The zero-order chi connectivity index (χ0) is 26.9. The maximum absolute atomic E-state index is 12.4. The van der Waals surface area contributed by atoms with E-state index in [4.69, 9.17) is 9.90 Å². The van der Waals surface area contributed by atoms with E-state index >= 15 is 0 Å². The number of carbonyl (C=O) groups is 3. The standard InChI is InChI=1S/C23H27N3O2.C4H7NO.CH2O/c1-17-3-6-19(7-4-17)15-20-11-13-26(14-12-20)23(28)10-9-22(27)25-21-8-5-18(2)24-16-21;1-3-5-4(2)6;1-2/h3-8,15-16H,9-14H2,1-2H3,(H,25,27);3,6H,2H2,1H3;1H2/b;5-3-;. The maximum atomic E-state index is 12.4. The highest BCUT2D eigenvalue weighted by molar-refractivity contribution is 5.93. The Balaban J connectivity index is 0.000000710. The lowest BCUT2D eigenvalue weighted by Gasteiger charge is -2.28. The number of carbonyl (C=O) groups excluding carboxylic acids is 3. The molecule has 2 N–H and O–H groups in total. The molecule has 0 aliphatic carbocycles. The number of aliphatic imine (C=N–C) groups is 1. The average Bonchev–Trinajstić information content (AvgIpc) is 2.87. The Kier molecular flexibility index (Phi) is 13.8. The Morgan fingerprint density at radius 3 is 2.22 bits per heavy atom. The number of hydrogen-bond acceptors (Lipinski definition) is 6. The summed E-state index contributed by atoms with van der Waals surface area (Å²) in [6.07, 6.45) is 7.54. The minimum absolute atomic E-state index is 0.0477. The number of aromatic nitrogens is 1. The number of aliphatic hydroxyl groups excluding tert-OH is 1. The van der Waals surface area contributed by atoms with E-state index in [1.54, 1.807) is 13.1 Å². The van der Waals surface area contributed by atoms with Crippen molar-refractivity contribution in [2.45, 2.75) is 46.5 Å². The number of aryl methyl sites for hydroxylation is 2. The van der Waals surface area contributed by atoms with Crippen LogP contribution in [0.25, 0.3) is 6.08 Å². The molecule has 1 aliphatic rings. The lowest BCUT2D eigenvalue weighted by atomic mass is 10.00. The topological polar surface area (TPSA) is 112 Å². The number of rotatable bonds is 6. The van der Waals surface area contributed by atoms with E-state index in [2.05, 4.69) is 59.1 Å². The molecule has 1 saturated heterocycles. The molecule has 1 fully saturated rings. The molecule has 192 valence electrons. The van der Waals surface area contributed by atoms with Gasteiger partial charge in [0.05, 0.1) is 11.9 Å². The Bertz CT molecular complexity index is 1030. The molecular weight excluding hydrogens is 456 g/mol. The number of likely N-dealkylation sites (tertiary alicyclic amines) is 1. The highest BCUT2D eigenvalue weighted by atomic mass is 16.3. The van der Waals surface area contributed by atoms with Gasteiger partial charge in [0.15, 0.2) is 0 Å². The number of pyridine rings is 1. The highest BCUT2D eigenvalue weighted by Crippen LogP contribution is 2.20.